The van der Waals surface area contributed by atoms with Crippen LogP contribution in [0.5, 0.6) is 11.5 Å². The summed E-state index contributed by atoms with van der Waals surface area (Å²) in [6.45, 7) is 1.89. The molecule has 12 nitrogen and oxygen atoms in total. The molecule has 352 valence electrons. The molecule has 1 aliphatic heterocycles. The minimum atomic E-state index is -1.34. The number of Topliss-reactive ketones (excluding diaryl/α,β-unsaturated/α-hetero) is 3. The SMILES string of the molecule is C[C@@H]1CC(=O)[C@@H](N(C)C(=O)[C@H](CCCCN)CC(=O)CCCC(=O)c2ccc(CCCCCCCCc3ccccc3)cc2)c2ccc(O)c(c2)-c2cc(ccc2O)C[C@@H](C(=O)O)NC1=O. The van der Waals surface area contributed by atoms with Gasteiger partial charge in [0.15, 0.2) is 11.6 Å². The molecule has 0 saturated carbocycles. The highest BCUT2D eigenvalue weighted by atomic mass is 16.4. The van der Waals surface area contributed by atoms with Crippen molar-refractivity contribution in [2.75, 3.05) is 13.6 Å². The number of carboxylic acids is 1. The van der Waals surface area contributed by atoms with Gasteiger partial charge in [-0.15, -0.1) is 0 Å². The average Bonchev–Trinajstić information content (AvgIpc) is 3.30. The van der Waals surface area contributed by atoms with E-state index in [9.17, 15) is 44.1 Å². The monoisotopic (exact) mass is 901 g/mol. The highest BCUT2D eigenvalue weighted by molar-refractivity contribution is 5.97. The summed E-state index contributed by atoms with van der Waals surface area (Å²) in [4.78, 5) is 82.2. The van der Waals surface area contributed by atoms with E-state index in [1.54, 1.807) is 0 Å². The van der Waals surface area contributed by atoms with Gasteiger partial charge in [-0.1, -0.05) is 106 Å². The molecule has 0 radical (unpaired) electrons. The van der Waals surface area contributed by atoms with Gasteiger partial charge in [-0.2, -0.15) is 0 Å². The van der Waals surface area contributed by atoms with E-state index in [-0.39, 0.29) is 66.3 Å². The molecule has 4 aromatic carbocycles. The maximum Gasteiger partial charge on any atom is 0.326 e. The van der Waals surface area contributed by atoms with Crippen LogP contribution >= 0.6 is 0 Å². The minimum absolute atomic E-state index is 0.0535. The molecule has 5 rings (SSSR count). The molecule has 4 atom stereocenters. The Morgan fingerprint density at radius 3 is 2.00 bits per heavy atom. The van der Waals surface area contributed by atoms with Gasteiger partial charge < -0.3 is 31.3 Å². The maximum atomic E-state index is 14.5. The Hall–Kier alpha value is -6.14. The fourth-order valence-electron chi connectivity index (χ4n) is 8.84. The van der Waals surface area contributed by atoms with Crippen LogP contribution in [0.1, 0.15) is 135 Å². The fraction of sp³-hybridized carbons (Fsp3) is 0.444. The highest BCUT2D eigenvalue weighted by Gasteiger charge is 2.36. The van der Waals surface area contributed by atoms with Gasteiger partial charge in [0.05, 0.1) is 0 Å². The summed E-state index contributed by atoms with van der Waals surface area (Å²) < 4.78 is 0. The highest BCUT2D eigenvalue weighted by Crippen LogP contribution is 2.39. The first-order chi connectivity index (χ1) is 31.7. The van der Waals surface area contributed by atoms with Crippen molar-refractivity contribution in [3.05, 3.63) is 119 Å². The van der Waals surface area contributed by atoms with Gasteiger partial charge in [-0.25, -0.2) is 4.79 Å². The molecule has 0 fully saturated rings. The molecule has 1 aliphatic rings. The number of hydrogen-bond donors (Lipinski definition) is 5. The van der Waals surface area contributed by atoms with E-state index in [4.69, 9.17) is 5.73 Å². The fourth-order valence-corrected chi connectivity index (χ4v) is 8.84. The third-order valence-corrected chi connectivity index (χ3v) is 12.7. The Bertz CT molecular complexity index is 2280. The van der Waals surface area contributed by atoms with Crippen LogP contribution in [0.25, 0.3) is 11.1 Å². The lowest BCUT2D eigenvalue weighted by Gasteiger charge is -2.32. The topological polar surface area (TPSA) is 204 Å². The third kappa shape index (κ3) is 15.0. The number of carbonyl (C=O) groups excluding carboxylic acids is 5. The van der Waals surface area contributed by atoms with E-state index in [2.05, 4.69) is 29.6 Å². The van der Waals surface area contributed by atoms with Crippen molar-refractivity contribution in [1.82, 2.24) is 10.2 Å². The number of aromatic hydroxyl groups is 2. The number of carbonyl (C=O) groups is 6. The number of amides is 2. The normalized spacial score (nSPS) is 16.7. The van der Waals surface area contributed by atoms with Crippen molar-refractivity contribution in [1.29, 1.82) is 0 Å². The number of unbranched alkanes of at least 4 members (excludes halogenated alkanes) is 6. The van der Waals surface area contributed by atoms with Crippen LogP contribution in [-0.4, -0.2) is 75.0 Å². The maximum absolute atomic E-state index is 14.5. The number of ketones is 3. The third-order valence-electron chi connectivity index (χ3n) is 12.7. The van der Waals surface area contributed by atoms with E-state index >= 15 is 0 Å². The molecule has 12 heteroatoms. The number of phenolic OH excluding ortho intramolecular Hbond substituents is 2. The summed E-state index contributed by atoms with van der Waals surface area (Å²) in [5.41, 5.74) is 10.1. The summed E-state index contributed by atoms with van der Waals surface area (Å²) in [5.74, 6) is -5.41. The zero-order valence-electron chi connectivity index (χ0n) is 38.5. The number of aryl methyl sites for hydroxylation is 2. The molecule has 2 amide bonds. The van der Waals surface area contributed by atoms with Crippen molar-refractivity contribution in [3.63, 3.8) is 0 Å². The first-order valence-electron chi connectivity index (χ1n) is 23.6. The second-order valence-corrected chi connectivity index (χ2v) is 18.0. The number of nitrogens with two attached hydrogens (primary N) is 1. The lowest BCUT2D eigenvalue weighted by Crippen LogP contribution is -2.45. The second-order valence-electron chi connectivity index (χ2n) is 18.0. The molecule has 66 heavy (non-hydrogen) atoms. The average molecular weight is 902 g/mol. The van der Waals surface area contributed by atoms with Gasteiger partial charge in [0.1, 0.15) is 29.4 Å². The number of hydrogen-bond acceptors (Lipinski definition) is 9. The molecule has 4 aromatic rings. The molecule has 0 saturated heterocycles. The second kappa shape index (κ2) is 25.5. The standard InChI is InChI=1S/C54H67N3O9/c1-36-31-50(62)51(41-27-29-49(61)45(35-41)44-32-39(24-28-48(44)60)33-46(54(65)66)56-52(36)63)57(2)53(64)42(19-12-13-30-55)34-43(58)20-14-21-47(59)40-25-22-38(23-26-40)18-9-6-4-3-5-8-15-37-16-10-7-11-17-37/h7,10-11,16-17,22-29,32,35-36,42,46,51,60-61H,3-6,8-9,12-15,18-21,30-31,33-34,55H2,1-2H3,(H,56,63)(H,65,66)/t36-,42-,46+,51+/m1/s1. The predicted molar refractivity (Wildman–Crippen MR) is 255 cm³/mol. The largest absolute Gasteiger partial charge is 0.507 e. The van der Waals surface area contributed by atoms with Gasteiger partial charge >= 0.3 is 5.97 Å². The smallest absolute Gasteiger partial charge is 0.326 e. The number of fused-ring (bicyclic) bond motifs is 5. The van der Waals surface area contributed by atoms with Crippen LogP contribution in [-0.2, 0) is 43.2 Å². The number of likely N-dealkylation sites (N-methyl/N-ethyl adjacent to an activating group) is 1. The zero-order chi connectivity index (χ0) is 47.6. The van der Waals surface area contributed by atoms with E-state index in [1.807, 2.05) is 30.3 Å². The summed E-state index contributed by atoms with van der Waals surface area (Å²) in [5, 5.41) is 34.4. The van der Waals surface area contributed by atoms with E-state index in [0.29, 0.717) is 48.9 Å². The predicted octanol–water partition coefficient (Wildman–Crippen LogP) is 8.87. The van der Waals surface area contributed by atoms with Crippen molar-refractivity contribution in [2.24, 2.45) is 17.6 Å². The van der Waals surface area contributed by atoms with Crippen molar-refractivity contribution in [3.8, 4) is 22.6 Å². The Morgan fingerprint density at radius 2 is 1.35 bits per heavy atom. The Morgan fingerprint density at radius 1 is 0.727 bits per heavy atom. The Balaban J connectivity index is 1.20. The van der Waals surface area contributed by atoms with Gasteiger partial charge in [-0.3, -0.25) is 24.0 Å². The molecule has 0 aliphatic carbocycles. The number of aliphatic carboxylic acids is 1. The quantitative estimate of drug-likeness (QED) is 0.0353. The van der Waals surface area contributed by atoms with Crippen LogP contribution in [0.2, 0.25) is 0 Å². The summed E-state index contributed by atoms with van der Waals surface area (Å²) in [7, 11) is 1.46. The van der Waals surface area contributed by atoms with Crippen LogP contribution in [0.3, 0.4) is 0 Å². The minimum Gasteiger partial charge on any atom is -0.507 e. The van der Waals surface area contributed by atoms with E-state index in [1.165, 1.54) is 98.5 Å². The lowest BCUT2D eigenvalue weighted by atomic mass is 9.88. The van der Waals surface area contributed by atoms with Gasteiger partial charge in [-0.05, 0) is 98.0 Å². The lowest BCUT2D eigenvalue weighted by molar-refractivity contribution is -0.144. The van der Waals surface area contributed by atoms with Crippen LogP contribution in [0.4, 0.5) is 0 Å². The van der Waals surface area contributed by atoms with Gasteiger partial charge in [0, 0.05) is 67.7 Å². The molecule has 0 spiro atoms. The molecular weight excluding hydrogens is 835 g/mol. The molecule has 4 bridgehead atoms. The molecule has 6 N–H and O–H groups in total. The first-order valence-corrected chi connectivity index (χ1v) is 23.6. The Kier molecular flexibility index (Phi) is 19.7. The van der Waals surface area contributed by atoms with Crippen molar-refractivity contribution >= 4 is 35.1 Å². The van der Waals surface area contributed by atoms with E-state index in [0.717, 1.165) is 19.3 Å². The Labute approximate surface area is 389 Å². The zero-order valence-corrected chi connectivity index (χ0v) is 38.5. The number of nitrogens with one attached hydrogen (secondary N) is 1. The van der Waals surface area contributed by atoms with Crippen LogP contribution in [0.15, 0.2) is 91.0 Å². The molecule has 1 heterocycles. The number of rotatable bonds is 23. The number of benzene rings is 4. The van der Waals surface area contributed by atoms with Crippen molar-refractivity contribution in [2.45, 2.75) is 128 Å². The number of nitrogens with zero attached hydrogens (tertiary/aromatic N) is 1. The van der Waals surface area contributed by atoms with Crippen LogP contribution in [0, 0.1) is 11.8 Å². The summed E-state index contributed by atoms with van der Waals surface area (Å²) in [6.07, 6.45) is 10.8. The summed E-state index contributed by atoms with van der Waals surface area (Å²) >= 11 is 0. The summed E-state index contributed by atoms with van der Waals surface area (Å²) in [6, 6.07) is 24.5. The molecule has 0 unspecified atom stereocenters. The number of phenols is 2. The molecule has 0 aromatic heterocycles. The number of carboxylic acid groups (broad SMARTS) is 1. The van der Waals surface area contributed by atoms with Crippen LogP contribution < -0.4 is 11.1 Å². The van der Waals surface area contributed by atoms with Gasteiger partial charge in [0.25, 0.3) is 0 Å². The first kappa shape index (κ1) is 50.9. The van der Waals surface area contributed by atoms with E-state index < -0.39 is 47.5 Å². The van der Waals surface area contributed by atoms with Crippen molar-refractivity contribution < 1.29 is 44.1 Å². The van der Waals surface area contributed by atoms with Gasteiger partial charge in [0.2, 0.25) is 11.8 Å². The molecular formula is C54H67N3O9.